The summed E-state index contributed by atoms with van der Waals surface area (Å²) < 4.78 is 0. The van der Waals surface area contributed by atoms with Crippen molar-refractivity contribution in [3.8, 4) is 39.5 Å². The first-order chi connectivity index (χ1) is 10.2. The van der Waals surface area contributed by atoms with Crippen LogP contribution in [0.2, 0.25) is 0 Å². The molecule has 0 radical (unpaired) electrons. The van der Waals surface area contributed by atoms with E-state index in [2.05, 4.69) is 0 Å². The van der Waals surface area contributed by atoms with E-state index in [0.717, 1.165) is 16.7 Å². The summed E-state index contributed by atoms with van der Waals surface area (Å²) in [7, 11) is 0. The van der Waals surface area contributed by atoms with E-state index in [-0.39, 0.29) is 11.5 Å². The molecule has 3 N–H and O–H groups in total. The SMILES string of the molecule is Oc1ccc(-c2cccc(-c3ccccc3)c2)c(O)c1O. The fourth-order valence-corrected chi connectivity index (χ4v) is 2.30. The maximum atomic E-state index is 9.98. The Kier molecular flexibility index (Phi) is 3.24. The van der Waals surface area contributed by atoms with Crippen LogP contribution in [0.25, 0.3) is 22.3 Å². The first-order valence-corrected chi connectivity index (χ1v) is 6.56. The minimum absolute atomic E-state index is 0.319. The molecule has 0 spiro atoms. The van der Waals surface area contributed by atoms with E-state index in [1.54, 1.807) is 6.07 Å². The van der Waals surface area contributed by atoms with Gasteiger partial charge in [-0.05, 0) is 34.9 Å². The van der Waals surface area contributed by atoms with E-state index in [1.165, 1.54) is 6.07 Å². The largest absolute Gasteiger partial charge is 0.504 e. The molecule has 0 fully saturated rings. The van der Waals surface area contributed by atoms with Crippen molar-refractivity contribution in [2.24, 2.45) is 0 Å². The normalized spacial score (nSPS) is 10.5. The molecule has 0 saturated heterocycles. The average molecular weight is 278 g/mol. The molecule has 0 aliphatic carbocycles. The fourth-order valence-electron chi connectivity index (χ4n) is 2.30. The quantitative estimate of drug-likeness (QED) is 0.617. The number of phenols is 3. The van der Waals surface area contributed by atoms with E-state index >= 15 is 0 Å². The Morgan fingerprint density at radius 3 is 1.95 bits per heavy atom. The van der Waals surface area contributed by atoms with Gasteiger partial charge in [0.2, 0.25) is 5.75 Å². The van der Waals surface area contributed by atoms with Crippen LogP contribution in [0.4, 0.5) is 0 Å². The van der Waals surface area contributed by atoms with Crippen molar-refractivity contribution in [1.29, 1.82) is 0 Å². The zero-order valence-corrected chi connectivity index (χ0v) is 11.2. The van der Waals surface area contributed by atoms with Crippen molar-refractivity contribution in [3.05, 3.63) is 66.7 Å². The molecular formula is C18H14O3. The topological polar surface area (TPSA) is 60.7 Å². The monoisotopic (exact) mass is 278 g/mol. The van der Waals surface area contributed by atoms with Gasteiger partial charge in [-0.3, -0.25) is 0 Å². The standard InChI is InChI=1S/C18H14O3/c19-16-10-9-15(17(20)18(16)21)14-8-4-7-13(11-14)12-5-2-1-3-6-12/h1-11,19-21H. The minimum atomic E-state index is -0.502. The van der Waals surface area contributed by atoms with Gasteiger partial charge in [0, 0.05) is 5.56 Å². The van der Waals surface area contributed by atoms with Gasteiger partial charge >= 0.3 is 0 Å². The Hall–Kier alpha value is -2.94. The van der Waals surface area contributed by atoms with Crippen molar-refractivity contribution < 1.29 is 15.3 Å². The molecule has 3 rings (SSSR count). The molecule has 21 heavy (non-hydrogen) atoms. The molecular weight excluding hydrogens is 264 g/mol. The van der Waals surface area contributed by atoms with E-state index < -0.39 is 5.75 Å². The van der Waals surface area contributed by atoms with Crippen LogP contribution >= 0.6 is 0 Å². The number of aromatic hydroxyl groups is 3. The van der Waals surface area contributed by atoms with E-state index in [9.17, 15) is 15.3 Å². The Morgan fingerprint density at radius 2 is 1.19 bits per heavy atom. The Balaban J connectivity index is 2.11. The number of hydrogen-bond donors (Lipinski definition) is 3. The second-order valence-corrected chi connectivity index (χ2v) is 4.78. The molecule has 0 atom stereocenters. The summed E-state index contributed by atoms with van der Waals surface area (Å²) >= 11 is 0. The van der Waals surface area contributed by atoms with Gasteiger partial charge in [0.05, 0.1) is 0 Å². The van der Waals surface area contributed by atoms with Crippen LogP contribution in [0.5, 0.6) is 17.2 Å². The molecule has 0 saturated carbocycles. The molecule has 0 unspecified atom stereocenters. The maximum Gasteiger partial charge on any atom is 0.200 e. The minimum Gasteiger partial charge on any atom is -0.504 e. The molecule has 3 aromatic rings. The molecule has 104 valence electrons. The van der Waals surface area contributed by atoms with Crippen molar-refractivity contribution in [1.82, 2.24) is 0 Å². The van der Waals surface area contributed by atoms with E-state index in [4.69, 9.17) is 0 Å². The third kappa shape index (κ3) is 2.41. The fraction of sp³-hybridized carbons (Fsp3) is 0. The first-order valence-electron chi connectivity index (χ1n) is 6.56. The van der Waals surface area contributed by atoms with Gasteiger partial charge in [-0.25, -0.2) is 0 Å². The summed E-state index contributed by atoms with van der Waals surface area (Å²) in [5.74, 6) is -1.16. The van der Waals surface area contributed by atoms with Crippen LogP contribution < -0.4 is 0 Å². The van der Waals surface area contributed by atoms with Crippen molar-refractivity contribution >= 4 is 0 Å². The maximum absolute atomic E-state index is 9.98. The highest BCUT2D eigenvalue weighted by molar-refractivity contribution is 5.79. The smallest absolute Gasteiger partial charge is 0.200 e. The van der Waals surface area contributed by atoms with Crippen molar-refractivity contribution in [2.75, 3.05) is 0 Å². The predicted molar refractivity (Wildman–Crippen MR) is 82.3 cm³/mol. The van der Waals surface area contributed by atoms with Crippen LogP contribution in [0, 0.1) is 0 Å². The number of hydrogen-bond acceptors (Lipinski definition) is 3. The highest BCUT2D eigenvalue weighted by Crippen LogP contribution is 2.42. The van der Waals surface area contributed by atoms with Crippen LogP contribution in [-0.2, 0) is 0 Å². The second-order valence-electron chi connectivity index (χ2n) is 4.78. The summed E-state index contributed by atoms with van der Waals surface area (Å²) in [6.45, 7) is 0. The summed E-state index contributed by atoms with van der Waals surface area (Å²) in [6, 6.07) is 20.5. The molecule has 0 heterocycles. The Morgan fingerprint density at radius 1 is 0.524 bits per heavy atom. The van der Waals surface area contributed by atoms with Gasteiger partial charge < -0.3 is 15.3 Å². The molecule has 3 heteroatoms. The lowest BCUT2D eigenvalue weighted by Gasteiger charge is -2.09. The lowest BCUT2D eigenvalue weighted by molar-refractivity contribution is 0.369. The Bertz CT molecular complexity index is 780. The highest BCUT2D eigenvalue weighted by Gasteiger charge is 2.12. The number of rotatable bonds is 2. The number of benzene rings is 3. The molecule has 0 amide bonds. The average Bonchev–Trinajstić information content (AvgIpc) is 2.54. The van der Waals surface area contributed by atoms with Crippen molar-refractivity contribution in [3.63, 3.8) is 0 Å². The lowest BCUT2D eigenvalue weighted by Crippen LogP contribution is -1.83. The summed E-state index contributed by atoms with van der Waals surface area (Å²) in [4.78, 5) is 0. The zero-order chi connectivity index (χ0) is 14.8. The van der Waals surface area contributed by atoms with E-state index in [1.807, 2.05) is 54.6 Å². The van der Waals surface area contributed by atoms with Gasteiger partial charge in [0.1, 0.15) is 0 Å². The molecule has 0 bridgehead atoms. The second kappa shape index (κ2) is 5.21. The van der Waals surface area contributed by atoms with Crippen LogP contribution in [0.15, 0.2) is 66.7 Å². The third-order valence-corrected chi connectivity index (χ3v) is 3.41. The molecule has 0 aliphatic heterocycles. The van der Waals surface area contributed by atoms with Gasteiger partial charge in [-0.2, -0.15) is 0 Å². The van der Waals surface area contributed by atoms with Gasteiger partial charge in [0.25, 0.3) is 0 Å². The molecule has 0 aromatic heterocycles. The summed E-state index contributed by atoms with van der Waals surface area (Å²) in [6.07, 6.45) is 0. The van der Waals surface area contributed by atoms with Gasteiger partial charge in [0.15, 0.2) is 11.5 Å². The van der Waals surface area contributed by atoms with Gasteiger partial charge in [-0.1, -0.05) is 48.5 Å². The van der Waals surface area contributed by atoms with Crippen LogP contribution in [0.1, 0.15) is 0 Å². The van der Waals surface area contributed by atoms with Gasteiger partial charge in [-0.15, -0.1) is 0 Å². The predicted octanol–water partition coefficient (Wildman–Crippen LogP) is 4.14. The summed E-state index contributed by atoms with van der Waals surface area (Å²) in [5.41, 5.74) is 3.33. The molecule has 3 aromatic carbocycles. The number of phenolic OH excluding ortho intramolecular Hbond substituents is 3. The third-order valence-electron chi connectivity index (χ3n) is 3.41. The first kappa shape index (κ1) is 13.1. The summed E-state index contributed by atoms with van der Waals surface area (Å²) in [5, 5.41) is 29.0. The van der Waals surface area contributed by atoms with Crippen LogP contribution in [0.3, 0.4) is 0 Å². The Labute approximate surface area is 122 Å². The van der Waals surface area contributed by atoms with Crippen molar-refractivity contribution in [2.45, 2.75) is 0 Å². The van der Waals surface area contributed by atoms with E-state index in [0.29, 0.717) is 5.56 Å². The zero-order valence-electron chi connectivity index (χ0n) is 11.2. The highest BCUT2D eigenvalue weighted by atomic mass is 16.3. The van der Waals surface area contributed by atoms with Crippen LogP contribution in [-0.4, -0.2) is 15.3 Å². The molecule has 0 aliphatic rings. The lowest BCUT2D eigenvalue weighted by atomic mass is 9.98. The molecule has 3 nitrogen and oxygen atoms in total.